The first kappa shape index (κ1) is 33.4. The number of aromatic nitrogens is 2. The van der Waals surface area contributed by atoms with Crippen LogP contribution >= 0.6 is 0 Å². The number of hydrogen-bond acceptors (Lipinski definition) is 1. The summed E-state index contributed by atoms with van der Waals surface area (Å²) in [6.45, 7) is 4.72. The normalized spacial score (nSPS) is 13.3. The third-order valence-corrected chi connectivity index (χ3v) is 13.3. The predicted octanol–water partition coefficient (Wildman–Crippen LogP) is 15.4. The fourth-order valence-electron chi connectivity index (χ4n) is 10.4. The van der Waals surface area contributed by atoms with Gasteiger partial charge < -0.3 is 13.6 Å². The molecule has 0 bridgehead atoms. The number of rotatable bonds is 4. The van der Waals surface area contributed by atoms with Crippen molar-refractivity contribution in [2.24, 2.45) is 0 Å². The summed E-state index contributed by atoms with van der Waals surface area (Å²) in [5.74, 6) is 0. The van der Waals surface area contributed by atoms with Crippen LogP contribution in [0.4, 0.5) is 0 Å². The van der Waals surface area contributed by atoms with Crippen LogP contribution in [0.3, 0.4) is 0 Å². The summed E-state index contributed by atoms with van der Waals surface area (Å²) in [6, 6.07) is 71.1. The zero-order valence-electron chi connectivity index (χ0n) is 33.3. The average molecular weight is 767 g/mol. The van der Waals surface area contributed by atoms with Gasteiger partial charge in [0.2, 0.25) is 0 Å². The highest BCUT2D eigenvalue weighted by atomic mass is 16.3. The molecule has 3 heterocycles. The topological polar surface area (TPSA) is 23.0 Å². The van der Waals surface area contributed by atoms with E-state index in [1.54, 1.807) is 0 Å². The van der Waals surface area contributed by atoms with Crippen molar-refractivity contribution in [3.05, 3.63) is 205 Å². The maximum absolute atomic E-state index is 6.55. The molecular weight excluding hydrogens is 729 g/mol. The Balaban J connectivity index is 0.917. The van der Waals surface area contributed by atoms with E-state index in [-0.39, 0.29) is 5.41 Å². The molecule has 0 atom stereocenters. The van der Waals surface area contributed by atoms with Crippen molar-refractivity contribution in [1.29, 1.82) is 0 Å². The zero-order chi connectivity index (χ0) is 39.7. The largest absolute Gasteiger partial charge is 0.456 e. The summed E-state index contributed by atoms with van der Waals surface area (Å²) < 4.78 is 11.3. The molecule has 60 heavy (non-hydrogen) atoms. The lowest BCUT2D eigenvalue weighted by molar-refractivity contribution is 0.661. The molecule has 0 saturated carbocycles. The molecule has 1 aliphatic rings. The number of nitrogens with zero attached hydrogens (tertiary/aromatic N) is 2. The minimum atomic E-state index is -0.0724. The molecule has 1 aliphatic carbocycles. The van der Waals surface area contributed by atoms with Crippen molar-refractivity contribution in [3.63, 3.8) is 0 Å². The maximum Gasteiger partial charge on any atom is 0.137 e. The Morgan fingerprint density at radius 3 is 1.60 bits per heavy atom. The minimum absolute atomic E-state index is 0.0724. The van der Waals surface area contributed by atoms with Gasteiger partial charge in [0.05, 0.1) is 22.1 Å². The van der Waals surface area contributed by atoms with E-state index in [9.17, 15) is 0 Å². The van der Waals surface area contributed by atoms with Gasteiger partial charge in [0.25, 0.3) is 0 Å². The fourth-order valence-corrected chi connectivity index (χ4v) is 10.4. The molecule has 3 nitrogen and oxygen atoms in total. The molecular formula is C57H38N2O. The van der Waals surface area contributed by atoms with Gasteiger partial charge in [0, 0.05) is 55.2 Å². The molecule has 0 fully saturated rings. The Morgan fingerprint density at radius 1 is 0.333 bits per heavy atom. The van der Waals surface area contributed by atoms with E-state index < -0.39 is 0 Å². The van der Waals surface area contributed by atoms with Crippen LogP contribution in [0.1, 0.15) is 25.0 Å². The van der Waals surface area contributed by atoms with E-state index in [1.807, 2.05) is 0 Å². The highest BCUT2D eigenvalue weighted by molar-refractivity contribution is 6.18. The molecule has 3 heteroatoms. The van der Waals surface area contributed by atoms with Gasteiger partial charge in [-0.2, -0.15) is 0 Å². The molecule has 13 rings (SSSR count). The summed E-state index contributed by atoms with van der Waals surface area (Å²) in [4.78, 5) is 0. The molecule has 3 aromatic heterocycles. The molecule has 0 N–H and O–H groups in total. The second kappa shape index (κ2) is 12.2. The first-order valence-corrected chi connectivity index (χ1v) is 20.8. The second-order valence-corrected chi connectivity index (χ2v) is 16.9. The van der Waals surface area contributed by atoms with Gasteiger partial charge >= 0.3 is 0 Å². The lowest BCUT2D eigenvalue weighted by atomic mass is 9.82. The van der Waals surface area contributed by atoms with E-state index in [1.165, 1.54) is 88.3 Å². The third-order valence-electron chi connectivity index (χ3n) is 13.3. The van der Waals surface area contributed by atoms with Crippen LogP contribution in [0.5, 0.6) is 0 Å². The molecule has 0 radical (unpaired) electrons. The fraction of sp³-hybridized carbons (Fsp3) is 0.0526. The lowest BCUT2D eigenvalue weighted by Crippen LogP contribution is -2.14. The summed E-state index contributed by atoms with van der Waals surface area (Å²) in [6.07, 6.45) is 0. The molecule has 0 amide bonds. The molecule has 0 aliphatic heterocycles. The first-order valence-electron chi connectivity index (χ1n) is 20.8. The van der Waals surface area contributed by atoms with Crippen molar-refractivity contribution < 1.29 is 4.42 Å². The van der Waals surface area contributed by atoms with Crippen molar-refractivity contribution in [1.82, 2.24) is 9.13 Å². The van der Waals surface area contributed by atoms with Crippen LogP contribution in [0.25, 0.3) is 110 Å². The van der Waals surface area contributed by atoms with Crippen molar-refractivity contribution in [2.45, 2.75) is 19.3 Å². The molecule has 0 unspecified atom stereocenters. The number of furan rings is 1. The predicted molar refractivity (Wildman–Crippen MR) is 251 cm³/mol. The lowest BCUT2D eigenvalue weighted by Gasteiger charge is -2.21. The summed E-state index contributed by atoms with van der Waals surface area (Å²) >= 11 is 0. The molecule has 12 aromatic rings. The monoisotopic (exact) mass is 766 g/mol. The Kier molecular flexibility index (Phi) is 6.78. The molecule has 0 spiro atoms. The van der Waals surface area contributed by atoms with Gasteiger partial charge in [0.1, 0.15) is 11.2 Å². The second-order valence-electron chi connectivity index (χ2n) is 16.9. The van der Waals surface area contributed by atoms with Gasteiger partial charge in [-0.25, -0.2) is 0 Å². The molecule has 0 saturated heterocycles. The summed E-state index contributed by atoms with van der Waals surface area (Å²) in [7, 11) is 0. The van der Waals surface area contributed by atoms with Crippen LogP contribution < -0.4 is 0 Å². The van der Waals surface area contributed by atoms with Crippen LogP contribution in [0.2, 0.25) is 0 Å². The van der Waals surface area contributed by atoms with Crippen molar-refractivity contribution in [3.8, 4) is 44.8 Å². The minimum Gasteiger partial charge on any atom is -0.456 e. The SMILES string of the molecule is CC1(C)c2ccccc2-c2cc3c4cc(-c5ccc(-c6ccc7oc8cc9c(cc8c7c6)c6ccccc6n9-c6ccccc6)cc5)ccc4n(-c4ccccc4)c3cc21. The highest BCUT2D eigenvalue weighted by Gasteiger charge is 2.36. The Labute approximate surface area is 347 Å². The molecule has 282 valence electrons. The average Bonchev–Trinajstić information content (AvgIpc) is 3.99. The maximum atomic E-state index is 6.55. The number of para-hydroxylation sites is 3. The van der Waals surface area contributed by atoms with E-state index in [2.05, 4.69) is 217 Å². The zero-order valence-corrected chi connectivity index (χ0v) is 33.3. The Hall–Kier alpha value is -7.62. The number of hydrogen-bond donors (Lipinski definition) is 0. The van der Waals surface area contributed by atoms with Crippen LogP contribution in [0.15, 0.2) is 199 Å². The number of fused-ring (bicyclic) bond motifs is 12. The van der Waals surface area contributed by atoms with Crippen LogP contribution in [0, 0.1) is 0 Å². The van der Waals surface area contributed by atoms with Crippen LogP contribution in [-0.4, -0.2) is 9.13 Å². The molecule has 9 aromatic carbocycles. The Morgan fingerprint density at radius 2 is 0.867 bits per heavy atom. The highest BCUT2D eigenvalue weighted by Crippen LogP contribution is 2.51. The number of benzene rings is 9. The first-order chi connectivity index (χ1) is 29.5. The van der Waals surface area contributed by atoms with Gasteiger partial charge in [-0.15, -0.1) is 0 Å². The van der Waals surface area contributed by atoms with Crippen LogP contribution in [-0.2, 0) is 5.41 Å². The van der Waals surface area contributed by atoms with Gasteiger partial charge in [0.15, 0.2) is 0 Å². The van der Waals surface area contributed by atoms with E-state index in [0.717, 1.165) is 33.1 Å². The summed E-state index contributed by atoms with van der Waals surface area (Å²) in [5.41, 5.74) is 19.0. The quantitative estimate of drug-likeness (QED) is 0.175. The van der Waals surface area contributed by atoms with Gasteiger partial charge in [-0.05, 0) is 117 Å². The smallest absolute Gasteiger partial charge is 0.137 e. The Bertz CT molecular complexity index is 3710. The van der Waals surface area contributed by atoms with Crippen molar-refractivity contribution in [2.75, 3.05) is 0 Å². The van der Waals surface area contributed by atoms with Crippen molar-refractivity contribution >= 4 is 65.6 Å². The van der Waals surface area contributed by atoms with Gasteiger partial charge in [-0.1, -0.05) is 129 Å². The summed E-state index contributed by atoms with van der Waals surface area (Å²) in [5, 5.41) is 7.26. The third kappa shape index (κ3) is 4.66. The van der Waals surface area contributed by atoms with E-state index >= 15 is 0 Å². The standard InChI is InChI=1S/C57H38N2O/c1-57(2)49-19-11-9-17-41(49)43-31-46-44-29-37(25-27-52(44)59(53(46)33-50(43)57)40-15-7-4-8-16-40)35-21-23-36(24-22-35)38-26-28-55-47(30-38)48-32-45-42-18-10-12-20-51(42)58(39-13-5-3-6-14-39)54(45)34-56(48)60-55/h3-34H,1-2H3. The van der Waals surface area contributed by atoms with Gasteiger partial charge in [-0.3, -0.25) is 0 Å². The van der Waals surface area contributed by atoms with E-state index in [4.69, 9.17) is 4.42 Å². The van der Waals surface area contributed by atoms with E-state index in [0.29, 0.717) is 0 Å².